The molecular formula is C25H27N3O5S. The summed E-state index contributed by atoms with van der Waals surface area (Å²) in [6, 6.07) is 14.9. The number of aliphatic imine (C=N–C) groups is 1. The largest absolute Gasteiger partial charge is 0.493 e. The first-order valence-corrected chi connectivity index (χ1v) is 11.9. The van der Waals surface area contributed by atoms with Gasteiger partial charge in [0.25, 0.3) is 11.8 Å². The van der Waals surface area contributed by atoms with Crippen LogP contribution in [0.3, 0.4) is 0 Å². The number of para-hydroxylation sites is 1. The second-order valence-corrected chi connectivity index (χ2v) is 8.59. The van der Waals surface area contributed by atoms with Crippen molar-refractivity contribution in [2.45, 2.75) is 6.92 Å². The number of rotatable bonds is 7. The summed E-state index contributed by atoms with van der Waals surface area (Å²) in [5, 5.41) is 0.651. The third-order valence-electron chi connectivity index (χ3n) is 5.39. The van der Waals surface area contributed by atoms with Crippen LogP contribution >= 0.6 is 11.8 Å². The monoisotopic (exact) mass is 481 g/mol. The fourth-order valence-corrected chi connectivity index (χ4v) is 4.63. The lowest BCUT2D eigenvalue weighted by molar-refractivity contribution is -0.137. The number of amidine groups is 1. The number of likely N-dealkylation sites (N-methyl/N-ethyl adjacent to an activating group) is 1. The van der Waals surface area contributed by atoms with Crippen LogP contribution in [0.15, 0.2) is 58.4 Å². The van der Waals surface area contributed by atoms with E-state index in [1.807, 2.05) is 49.4 Å². The number of carbonyl (C=O) groups is 2. The Kier molecular flexibility index (Phi) is 7.87. The Labute approximate surface area is 203 Å². The third kappa shape index (κ3) is 5.60. The van der Waals surface area contributed by atoms with Crippen molar-refractivity contribution >= 4 is 40.5 Å². The first-order valence-electron chi connectivity index (χ1n) is 11.1. The second kappa shape index (κ2) is 11.2. The van der Waals surface area contributed by atoms with E-state index < -0.39 is 0 Å². The van der Waals surface area contributed by atoms with E-state index >= 15 is 0 Å². The molecule has 0 bridgehead atoms. The number of benzene rings is 2. The van der Waals surface area contributed by atoms with E-state index in [2.05, 4.69) is 4.99 Å². The molecule has 0 saturated carbocycles. The van der Waals surface area contributed by atoms with Crippen LogP contribution < -0.4 is 9.47 Å². The zero-order valence-electron chi connectivity index (χ0n) is 19.2. The fraction of sp³-hybridized carbons (Fsp3) is 0.320. The molecule has 178 valence electrons. The minimum atomic E-state index is -0.0885. The molecule has 2 amide bonds. The standard InChI is InChI=1S/C25H27N3O5S/c1-3-28-24(30)22(34-25(28)26-19-7-5-4-6-8-19)16-18-9-10-20(21(15-18)31-2)33-17-23(29)27-11-13-32-14-12-27/h4-10,15-16H,3,11-14,17H2,1-2H3/b22-16-,26-25?. The van der Waals surface area contributed by atoms with Crippen molar-refractivity contribution < 1.29 is 23.8 Å². The molecule has 34 heavy (non-hydrogen) atoms. The normalized spacial score (nSPS) is 18.6. The van der Waals surface area contributed by atoms with Gasteiger partial charge in [-0.3, -0.25) is 14.5 Å². The van der Waals surface area contributed by atoms with Gasteiger partial charge < -0.3 is 19.1 Å². The lowest BCUT2D eigenvalue weighted by Gasteiger charge is -2.26. The Balaban J connectivity index is 1.48. The van der Waals surface area contributed by atoms with Gasteiger partial charge in [0.2, 0.25) is 0 Å². The smallest absolute Gasteiger partial charge is 0.266 e. The van der Waals surface area contributed by atoms with E-state index in [0.717, 1.165) is 11.3 Å². The molecule has 9 heteroatoms. The number of nitrogens with zero attached hydrogens (tertiary/aromatic N) is 3. The maximum Gasteiger partial charge on any atom is 0.266 e. The SMILES string of the molecule is CCN1C(=O)/C(=C/c2ccc(OCC(=O)N3CCOCC3)c(OC)c2)SC1=Nc1ccccc1. The van der Waals surface area contributed by atoms with Gasteiger partial charge in [0, 0.05) is 19.6 Å². The second-order valence-electron chi connectivity index (χ2n) is 7.58. The average Bonchev–Trinajstić information content (AvgIpc) is 3.17. The highest BCUT2D eigenvalue weighted by molar-refractivity contribution is 8.18. The van der Waals surface area contributed by atoms with Crippen LogP contribution in [0.5, 0.6) is 11.5 Å². The Morgan fingerprint density at radius 1 is 1.15 bits per heavy atom. The number of amides is 2. The number of methoxy groups -OCH3 is 1. The van der Waals surface area contributed by atoms with Gasteiger partial charge in [0.15, 0.2) is 23.3 Å². The van der Waals surface area contributed by atoms with Crippen molar-refractivity contribution in [3.8, 4) is 11.5 Å². The topological polar surface area (TPSA) is 80.7 Å². The molecule has 0 aliphatic carbocycles. The van der Waals surface area contributed by atoms with Crippen molar-refractivity contribution in [3.63, 3.8) is 0 Å². The average molecular weight is 482 g/mol. The molecule has 2 aliphatic rings. The highest BCUT2D eigenvalue weighted by Gasteiger charge is 2.32. The number of ether oxygens (including phenoxy) is 3. The molecule has 2 aromatic rings. The van der Waals surface area contributed by atoms with Crippen molar-refractivity contribution in [2.75, 3.05) is 46.6 Å². The van der Waals surface area contributed by atoms with Gasteiger partial charge in [-0.05, 0) is 54.6 Å². The van der Waals surface area contributed by atoms with Crippen LogP contribution in [-0.2, 0) is 14.3 Å². The van der Waals surface area contributed by atoms with E-state index in [1.54, 1.807) is 29.0 Å². The highest BCUT2D eigenvalue weighted by atomic mass is 32.2. The third-order valence-corrected chi connectivity index (χ3v) is 6.39. The molecular weight excluding hydrogens is 454 g/mol. The molecule has 0 N–H and O–H groups in total. The number of morpholine rings is 1. The molecule has 2 aliphatic heterocycles. The number of hydrogen-bond donors (Lipinski definition) is 0. The van der Waals surface area contributed by atoms with Gasteiger partial charge >= 0.3 is 0 Å². The summed E-state index contributed by atoms with van der Waals surface area (Å²) in [4.78, 5) is 33.9. The van der Waals surface area contributed by atoms with Crippen molar-refractivity contribution in [1.82, 2.24) is 9.80 Å². The van der Waals surface area contributed by atoms with Crippen LogP contribution in [0.2, 0.25) is 0 Å². The van der Waals surface area contributed by atoms with Gasteiger partial charge in [-0.2, -0.15) is 0 Å². The minimum absolute atomic E-state index is 0.0735. The molecule has 0 unspecified atom stereocenters. The van der Waals surface area contributed by atoms with Crippen molar-refractivity contribution in [1.29, 1.82) is 0 Å². The Hall–Kier alpha value is -3.30. The molecule has 2 fully saturated rings. The van der Waals surface area contributed by atoms with Crippen LogP contribution in [-0.4, -0.2) is 73.3 Å². The number of carbonyl (C=O) groups excluding carboxylic acids is 2. The summed E-state index contributed by atoms with van der Waals surface area (Å²) in [5.41, 5.74) is 1.59. The van der Waals surface area contributed by atoms with Crippen molar-refractivity contribution in [3.05, 3.63) is 59.0 Å². The highest BCUT2D eigenvalue weighted by Crippen LogP contribution is 2.35. The van der Waals surface area contributed by atoms with Gasteiger partial charge in [0.05, 0.1) is 30.9 Å². The van der Waals surface area contributed by atoms with Gasteiger partial charge in [-0.15, -0.1) is 0 Å². The summed E-state index contributed by atoms with van der Waals surface area (Å²) in [6.45, 7) is 4.61. The van der Waals surface area contributed by atoms with Gasteiger partial charge in [0.1, 0.15) is 0 Å². The molecule has 4 rings (SSSR count). The van der Waals surface area contributed by atoms with E-state index in [9.17, 15) is 9.59 Å². The first-order chi connectivity index (χ1) is 16.6. The number of hydrogen-bond acceptors (Lipinski definition) is 7. The summed E-state index contributed by atoms with van der Waals surface area (Å²) >= 11 is 1.34. The summed E-state index contributed by atoms with van der Waals surface area (Å²) in [5.74, 6) is 0.787. The Bertz CT molecular complexity index is 1100. The zero-order chi connectivity index (χ0) is 23.9. The predicted molar refractivity (Wildman–Crippen MR) is 132 cm³/mol. The van der Waals surface area contributed by atoms with Gasteiger partial charge in [-0.1, -0.05) is 24.3 Å². The van der Waals surface area contributed by atoms with Crippen molar-refractivity contribution in [2.24, 2.45) is 4.99 Å². The number of thioether (sulfide) groups is 1. The van der Waals surface area contributed by atoms with Gasteiger partial charge in [-0.25, -0.2) is 4.99 Å². The summed E-state index contributed by atoms with van der Waals surface area (Å²) in [6.07, 6.45) is 1.81. The fourth-order valence-electron chi connectivity index (χ4n) is 3.57. The maximum atomic E-state index is 12.9. The molecule has 0 atom stereocenters. The molecule has 8 nitrogen and oxygen atoms in total. The Morgan fingerprint density at radius 2 is 1.91 bits per heavy atom. The Morgan fingerprint density at radius 3 is 2.62 bits per heavy atom. The van der Waals surface area contributed by atoms with Crippen LogP contribution in [0.25, 0.3) is 6.08 Å². The summed E-state index contributed by atoms with van der Waals surface area (Å²) < 4.78 is 16.5. The first kappa shape index (κ1) is 23.8. The zero-order valence-corrected chi connectivity index (χ0v) is 20.0. The van der Waals surface area contributed by atoms with E-state index in [1.165, 1.54) is 11.8 Å². The predicted octanol–water partition coefficient (Wildman–Crippen LogP) is 3.56. The molecule has 0 spiro atoms. The van der Waals surface area contributed by atoms with Crippen LogP contribution in [0, 0.1) is 0 Å². The van der Waals surface area contributed by atoms with E-state index in [0.29, 0.717) is 54.4 Å². The van der Waals surface area contributed by atoms with Crippen LogP contribution in [0.4, 0.5) is 5.69 Å². The lowest BCUT2D eigenvalue weighted by Crippen LogP contribution is -2.43. The van der Waals surface area contributed by atoms with E-state index in [-0.39, 0.29) is 18.4 Å². The summed E-state index contributed by atoms with van der Waals surface area (Å²) in [7, 11) is 1.54. The molecule has 2 aromatic carbocycles. The molecule has 2 saturated heterocycles. The molecule has 0 aromatic heterocycles. The quantitative estimate of drug-likeness (QED) is 0.563. The maximum absolute atomic E-state index is 12.9. The van der Waals surface area contributed by atoms with Crippen LogP contribution in [0.1, 0.15) is 12.5 Å². The minimum Gasteiger partial charge on any atom is -0.493 e. The lowest BCUT2D eigenvalue weighted by atomic mass is 10.2. The van der Waals surface area contributed by atoms with E-state index in [4.69, 9.17) is 14.2 Å². The molecule has 0 radical (unpaired) electrons. The molecule has 2 heterocycles.